The Hall–Kier alpha value is -11.1. The molecule has 3 heteroatoms. The van der Waals surface area contributed by atoms with Gasteiger partial charge in [0, 0.05) is 45.0 Å². The molecule has 86 heavy (non-hydrogen) atoms. The van der Waals surface area contributed by atoms with Gasteiger partial charge in [0.25, 0.3) is 0 Å². The molecule has 1 aliphatic carbocycles. The van der Waals surface area contributed by atoms with Gasteiger partial charge in [0.1, 0.15) is 0 Å². The van der Waals surface area contributed by atoms with Gasteiger partial charge in [0.2, 0.25) is 0 Å². The Morgan fingerprint density at radius 2 is 0.640 bits per heavy atom. The molecular formula is C83H59N3. The third-order valence-corrected chi connectivity index (χ3v) is 16.3. The molecule has 0 bridgehead atoms. The normalized spacial score (nSPS) is 12.8. The first-order chi connectivity index (χ1) is 43.8. The maximum atomic E-state index is 8.66. The number of allylic oxidation sites excluding steroid dienone is 6. The Morgan fingerprint density at radius 1 is 0.267 bits per heavy atom. The number of aromatic nitrogens is 3. The lowest BCUT2D eigenvalue weighted by atomic mass is 9.85. The van der Waals surface area contributed by atoms with Crippen LogP contribution in [0.5, 0.6) is 0 Å². The Bertz CT molecular complexity index is 4810. The van der Waals surface area contributed by atoms with E-state index in [9.17, 15) is 0 Å². The molecule has 0 N–H and O–H groups in total. The predicted molar refractivity (Wildman–Crippen MR) is 360 cm³/mol. The smallest absolute Gasteiger partial charge is 0.0705 e. The molecule has 0 aliphatic heterocycles. The average Bonchev–Trinajstić information content (AvgIpc) is 2.54. The summed E-state index contributed by atoms with van der Waals surface area (Å²) >= 11 is 0. The minimum absolute atomic E-state index is 0.261. The minimum atomic E-state index is -2.37. The van der Waals surface area contributed by atoms with Crippen LogP contribution in [0.4, 0.5) is 0 Å². The van der Waals surface area contributed by atoms with Crippen molar-refractivity contribution >= 4 is 16.7 Å². The fourth-order valence-corrected chi connectivity index (χ4v) is 12.1. The minimum Gasteiger partial charge on any atom is -0.256 e. The molecule has 3 heterocycles. The van der Waals surface area contributed by atoms with E-state index in [4.69, 9.17) is 19.1 Å². The van der Waals surface area contributed by atoms with Gasteiger partial charge >= 0.3 is 0 Å². The van der Waals surface area contributed by atoms with Gasteiger partial charge < -0.3 is 0 Å². The average molecular weight is 1100 g/mol. The van der Waals surface area contributed by atoms with Crippen LogP contribution >= 0.6 is 0 Å². The van der Waals surface area contributed by atoms with Gasteiger partial charge in [-0.3, -0.25) is 15.0 Å². The van der Waals surface area contributed by atoms with Gasteiger partial charge in [-0.15, -0.1) is 0 Å². The van der Waals surface area contributed by atoms with Gasteiger partial charge in [-0.1, -0.05) is 255 Å². The Kier molecular flexibility index (Phi) is 13.8. The molecule has 1 aliphatic rings. The molecule has 0 radical (unpaired) electrons. The summed E-state index contributed by atoms with van der Waals surface area (Å²) in [6.07, 6.45) is 13.3. The van der Waals surface area contributed by atoms with Crippen LogP contribution in [0.3, 0.4) is 0 Å². The molecule has 0 unspecified atom stereocenters. The van der Waals surface area contributed by atoms with Crippen molar-refractivity contribution in [3.63, 3.8) is 0 Å². The molecule has 0 atom stereocenters. The van der Waals surface area contributed by atoms with Crippen LogP contribution in [0.2, 0.25) is 0 Å². The number of benzene rings is 10. The largest absolute Gasteiger partial charge is 0.256 e. The van der Waals surface area contributed by atoms with E-state index in [1.54, 1.807) is 12.3 Å². The first-order valence-corrected chi connectivity index (χ1v) is 29.2. The molecule has 3 aromatic heterocycles. The lowest BCUT2D eigenvalue weighted by Gasteiger charge is -2.19. The predicted octanol–water partition coefficient (Wildman–Crippen LogP) is 21.8. The van der Waals surface area contributed by atoms with Crippen molar-refractivity contribution in [2.75, 3.05) is 0 Å². The highest BCUT2D eigenvalue weighted by atomic mass is 14.7. The third-order valence-electron chi connectivity index (χ3n) is 16.3. The molecule has 0 saturated heterocycles. The lowest BCUT2D eigenvalue weighted by Crippen LogP contribution is -1.95. The number of nitrogens with zero attached hydrogens (tertiary/aromatic N) is 3. The van der Waals surface area contributed by atoms with Crippen LogP contribution in [0.1, 0.15) is 32.8 Å². The number of rotatable bonds is 13. The molecule has 0 spiro atoms. The van der Waals surface area contributed by atoms with Gasteiger partial charge in [-0.25, -0.2) is 0 Å². The quantitative estimate of drug-likeness (QED) is 0.115. The summed E-state index contributed by atoms with van der Waals surface area (Å²) in [5.41, 5.74) is 26.7. The van der Waals surface area contributed by atoms with Crippen LogP contribution in [-0.2, 0) is 0 Å². The maximum Gasteiger partial charge on any atom is 0.0705 e. The molecule has 406 valence electrons. The van der Waals surface area contributed by atoms with Crippen molar-refractivity contribution in [1.82, 2.24) is 15.0 Å². The summed E-state index contributed by atoms with van der Waals surface area (Å²) < 4.78 is 26.0. The summed E-state index contributed by atoms with van der Waals surface area (Å²) in [6, 6.07) is 102. The van der Waals surface area contributed by atoms with E-state index in [1.807, 2.05) is 73.1 Å². The molecular weight excluding hydrogens is 1040 g/mol. The van der Waals surface area contributed by atoms with E-state index in [-0.39, 0.29) is 5.56 Å². The van der Waals surface area contributed by atoms with Crippen molar-refractivity contribution in [2.24, 2.45) is 0 Å². The van der Waals surface area contributed by atoms with E-state index in [0.717, 1.165) is 128 Å². The first-order valence-electron chi connectivity index (χ1n) is 30.7. The van der Waals surface area contributed by atoms with Crippen molar-refractivity contribution in [3.05, 3.63) is 350 Å². The molecule has 14 rings (SSSR count). The van der Waals surface area contributed by atoms with Crippen molar-refractivity contribution in [3.8, 4) is 112 Å². The molecule has 10 aromatic carbocycles. The summed E-state index contributed by atoms with van der Waals surface area (Å²) in [5, 5.41) is 0. The van der Waals surface area contributed by atoms with Crippen LogP contribution in [0, 0.1) is 6.85 Å². The van der Waals surface area contributed by atoms with Gasteiger partial charge in [0.05, 0.1) is 17.1 Å². The summed E-state index contributed by atoms with van der Waals surface area (Å²) in [7, 11) is 0. The first kappa shape index (κ1) is 49.5. The van der Waals surface area contributed by atoms with Crippen LogP contribution in [-0.4, -0.2) is 15.0 Å². The Morgan fingerprint density at radius 3 is 1.08 bits per heavy atom. The zero-order valence-corrected chi connectivity index (χ0v) is 47.2. The number of aryl methyl sites for hydroxylation is 1. The van der Waals surface area contributed by atoms with E-state index < -0.39 is 6.85 Å². The van der Waals surface area contributed by atoms with Crippen LogP contribution in [0.25, 0.3) is 128 Å². The molecule has 0 fully saturated rings. The number of hydrogen-bond acceptors (Lipinski definition) is 3. The van der Waals surface area contributed by atoms with Gasteiger partial charge in [0.15, 0.2) is 0 Å². The van der Waals surface area contributed by atoms with Crippen molar-refractivity contribution in [1.29, 1.82) is 0 Å². The fraction of sp³-hybridized carbons (Fsp3) is 0.0241. The zero-order valence-electron chi connectivity index (χ0n) is 50.2. The molecule has 0 amide bonds. The highest BCUT2D eigenvalue weighted by molar-refractivity contribution is 6.04. The van der Waals surface area contributed by atoms with Crippen molar-refractivity contribution < 1.29 is 4.11 Å². The van der Waals surface area contributed by atoms with Gasteiger partial charge in [-0.2, -0.15) is 0 Å². The number of hydrogen-bond donors (Lipinski definition) is 0. The SMILES string of the molecule is [2H]C([2H])([2H])c1cc(-c2ccc(-c3ccccc3C3=CCC(c4ccccc4-c4ccc(-c5ccccn5)cc4-c4ccccc4)=CC(c4ccccc4-c4ccc(-c5ccccn5)cc4-c4ccccc4)=C3)c(-c3ccccc3)c2)ncc1-c1ccccc1. The monoisotopic (exact) mass is 1100 g/mol. The van der Waals surface area contributed by atoms with Gasteiger partial charge in [-0.05, 0) is 179 Å². The summed E-state index contributed by atoms with van der Waals surface area (Å²) in [5.74, 6) is 0. The van der Waals surface area contributed by atoms with E-state index in [0.29, 0.717) is 17.7 Å². The highest BCUT2D eigenvalue weighted by Crippen LogP contribution is 2.46. The second-order valence-electron chi connectivity index (χ2n) is 21.6. The van der Waals surface area contributed by atoms with Crippen LogP contribution < -0.4 is 0 Å². The summed E-state index contributed by atoms with van der Waals surface area (Å²) in [6.45, 7) is -2.37. The Balaban J connectivity index is 0.956. The third kappa shape index (κ3) is 10.8. The second kappa shape index (κ2) is 24.0. The highest BCUT2D eigenvalue weighted by Gasteiger charge is 2.23. The zero-order chi connectivity index (χ0) is 60.1. The maximum absolute atomic E-state index is 8.66. The molecule has 0 saturated carbocycles. The fourth-order valence-electron chi connectivity index (χ4n) is 12.1. The molecule has 13 aromatic rings. The second-order valence-corrected chi connectivity index (χ2v) is 21.6. The molecule has 3 nitrogen and oxygen atoms in total. The standard InChI is InChI=1S/C83H59N3/c1-57-50-83(86-56-80(57)61-30-12-5-13-31-61)66-44-47-75(79(55-66)60-28-10-4-11-29-60)72-36-18-15-33-69(72)63-41-40-62(68-32-14-17-35-71(68)74-45-42-64(81-38-20-22-48-84-81)53-77(74)58-24-6-2-7-25-58)51-67(52-63)70-34-16-19-37-73(70)76-46-43-65(82-39-21-23-49-85-82)54-78(76)59-26-8-3-9-27-59/h2-39,41-56H,40H2,1H3/i1D3. The van der Waals surface area contributed by atoms with E-state index >= 15 is 0 Å². The summed E-state index contributed by atoms with van der Waals surface area (Å²) in [4.78, 5) is 14.5. The Labute approximate surface area is 508 Å². The van der Waals surface area contributed by atoms with E-state index in [1.165, 1.54) is 5.57 Å². The van der Waals surface area contributed by atoms with Crippen molar-refractivity contribution in [2.45, 2.75) is 13.3 Å². The van der Waals surface area contributed by atoms with Crippen LogP contribution in [0.15, 0.2) is 328 Å². The number of pyridine rings is 3. The van der Waals surface area contributed by atoms with E-state index in [2.05, 4.69) is 243 Å². The topological polar surface area (TPSA) is 38.7 Å². The lowest BCUT2D eigenvalue weighted by molar-refractivity contribution is 1.29.